The van der Waals surface area contributed by atoms with Crippen LogP contribution < -0.4 is 4.90 Å². The Labute approximate surface area is 176 Å². The number of hydrogen-bond donors (Lipinski definition) is 0. The molecule has 152 valence electrons. The zero-order valence-electron chi connectivity index (χ0n) is 16.8. The first-order valence-corrected chi connectivity index (χ1v) is 11.9. The van der Waals surface area contributed by atoms with Crippen molar-refractivity contribution in [1.82, 2.24) is 4.98 Å². The zero-order chi connectivity index (χ0) is 19.3. The smallest absolute Gasteiger partial charge is 0.341 e. The van der Waals surface area contributed by atoms with E-state index in [1.165, 1.54) is 52.1 Å². The van der Waals surface area contributed by atoms with E-state index in [0.717, 1.165) is 58.9 Å². The highest BCUT2D eigenvalue weighted by Crippen LogP contribution is 2.58. The monoisotopic (exact) mass is 446 g/mol. The van der Waals surface area contributed by atoms with Crippen molar-refractivity contribution in [3.05, 3.63) is 22.3 Å². The van der Waals surface area contributed by atoms with Gasteiger partial charge in [0.15, 0.2) is 0 Å². The van der Waals surface area contributed by atoms with Gasteiger partial charge in [0, 0.05) is 23.8 Å². The molecule has 1 aliphatic heterocycles. The average molecular weight is 447 g/mol. The number of rotatable bonds is 4. The third-order valence-electron chi connectivity index (χ3n) is 8.18. The van der Waals surface area contributed by atoms with E-state index in [1.54, 1.807) is 12.6 Å². The highest BCUT2D eigenvalue weighted by molar-refractivity contribution is 9.10. The largest absolute Gasteiger partial charge is 0.465 e. The summed E-state index contributed by atoms with van der Waals surface area (Å²) in [6.45, 7) is 1.99. The molecule has 5 fully saturated rings. The third kappa shape index (κ3) is 3.48. The van der Waals surface area contributed by atoms with Gasteiger partial charge in [-0.3, -0.25) is 0 Å². The summed E-state index contributed by atoms with van der Waals surface area (Å²) < 4.78 is 5.79. The lowest BCUT2D eigenvalue weighted by Gasteiger charge is -2.55. The minimum Gasteiger partial charge on any atom is -0.465 e. The number of carbonyl (C=O) groups excluding carboxylic acids is 1. The second kappa shape index (κ2) is 7.62. The SMILES string of the molecule is COC(=O)c1cc(Br)cnc1N1CCC(CC2C3CC4CC(C3)CC2C4)CC1. The zero-order valence-corrected chi connectivity index (χ0v) is 18.4. The second-order valence-corrected chi connectivity index (χ2v) is 10.7. The van der Waals surface area contributed by atoms with E-state index in [9.17, 15) is 4.79 Å². The molecule has 0 unspecified atom stereocenters. The molecular weight excluding hydrogens is 416 g/mol. The lowest BCUT2D eigenvalue weighted by atomic mass is 9.50. The highest BCUT2D eigenvalue weighted by Gasteiger charge is 2.48. The summed E-state index contributed by atoms with van der Waals surface area (Å²) in [5.74, 6) is 6.53. The van der Waals surface area contributed by atoms with Crippen molar-refractivity contribution in [2.45, 2.75) is 51.4 Å². The van der Waals surface area contributed by atoms with Crippen LogP contribution in [0.4, 0.5) is 5.82 Å². The number of pyridine rings is 1. The Hall–Kier alpha value is -1.10. The van der Waals surface area contributed by atoms with Crippen molar-refractivity contribution in [2.75, 3.05) is 25.1 Å². The maximum Gasteiger partial charge on any atom is 0.341 e. The van der Waals surface area contributed by atoms with Gasteiger partial charge < -0.3 is 9.64 Å². The summed E-state index contributed by atoms with van der Waals surface area (Å²) in [6, 6.07) is 1.83. The van der Waals surface area contributed by atoms with Gasteiger partial charge in [0.05, 0.1) is 7.11 Å². The minimum absolute atomic E-state index is 0.306. The van der Waals surface area contributed by atoms with E-state index in [-0.39, 0.29) is 5.97 Å². The number of nitrogens with zero attached hydrogens (tertiary/aromatic N) is 2. The van der Waals surface area contributed by atoms with Crippen LogP contribution in [0.1, 0.15) is 61.7 Å². The summed E-state index contributed by atoms with van der Waals surface area (Å²) >= 11 is 3.42. The molecule has 6 rings (SSSR count). The van der Waals surface area contributed by atoms with Crippen LogP contribution in [0.2, 0.25) is 0 Å². The summed E-state index contributed by atoms with van der Waals surface area (Å²) in [7, 11) is 1.43. The Morgan fingerprint density at radius 3 is 2.39 bits per heavy atom. The molecule has 0 spiro atoms. The quantitative estimate of drug-likeness (QED) is 0.587. The molecular formula is C23H31BrN2O2. The number of methoxy groups -OCH3 is 1. The summed E-state index contributed by atoms with van der Waals surface area (Å²) in [5, 5.41) is 0. The molecule has 4 nitrogen and oxygen atoms in total. The number of anilines is 1. The standard InChI is InChI=1S/C23H31BrN2O2/c1-28-23(27)21-12-19(24)13-25-22(21)26-4-2-14(3-5-26)11-20-17-7-15-6-16(9-17)10-18(20)8-15/h12-18,20H,2-11H2,1H3. The normalized spacial score (nSPS) is 34.6. The van der Waals surface area contributed by atoms with Crippen LogP contribution in [0.3, 0.4) is 0 Å². The topological polar surface area (TPSA) is 42.4 Å². The summed E-state index contributed by atoms with van der Waals surface area (Å²) in [4.78, 5) is 19.0. The number of piperidine rings is 1. The van der Waals surface area contributed by atoms with E-state index < -0.39 is 0 Å². The maximum atomic E-state index is 12.2. The van der Waals surface area contributed by atoms with Crippen molar-refractivity contribution in [2.24, 2.45) is 35.5 Å². The van der Waals surface area contributed by atoms with E-state index in [1.807, 2.05) is 6.07 Å². The molecule has 0 radical (unpaired) electrons. The number of hydrogen-bond acceptors (Lipinski definition) is 4. The van der Waals surface area contributed by atoms with Crippen LogP contribution in [0.15, 0.2) is 16.7 Å². The Morgan fingerprint density at radius 2 is 1.79 bits per heavy atom. The Bertz CT molecular complexity index is 716. The first kappa shape index (κ1) is 18.9. The predicted molar refractivity (Wildman–Crippen MR) is 113 cm³/mol. The summed E-state index contributed by atoms with van der Waals surface area (Å²) in [5.41, 5.74) is 0.566. The Kier molecular flexibility index (Phi) is 5.14. The molecule has 4 aliphatic carbocycles. The van der Waals surface area contributed by atoms with Crippen LogP contribution >= 0.6 is 15.9 Å². The number of esters is 1. The number of carbonyl (C=O) groups is 1. The molecule has 0 amide bonds. The van der Waals surface area contributed by atoms with Crippen LogP contribution in [0.25, 0.3) is 0 Å². The fourth-order valence-electron chi connectivity index (χ4n) is 7.13. The molecule has 0 aromatic carbocycles. The molecule has 0 atom stereocenters. The number of ether oxygens (including phenoxy) is 1. The molecule has 2 heterocycles. The number of aromatic nitrogens is 1. The van der Waals surface area contributed by atoms with Gasteiger partial charge in [-0.15, -0.1) is 0 Å². The van der Waals surface area contributed by atoms with Crippen LogP contribution in [-0.2, 0) is 4.74 Å². The minimum atomic E-state index is -0.306. The Balaban J connectivity index is 1.22. The number of halogens is 1. The Morgan fingerprint density at radius 1 is 1.14 bits per heavy atom. The van der Waals surface area contributed by atoms with Gasteiger partial charge in [-0.1, -0.05) is 0 Å². The van der Waals surface area contributed by atoms with Crippen molar-refractivity contribution in [3.8, 4) is 0 Å². The molecule has 4 bridgehead atoms. The van der Waals surface area contributed by atoms with E-state index in [4.69, 9.17) is 4.74 Å². The second-order valence-electron chi connectivity index (χ2n) is 9.78. The lowest BCUT2D eigenvalue weighted by Crippen LogP contribution is -2.46. The summed E-state index contributed by atoms with van der Waals surface area (Å²) in [6.07, 6.45) is 13.3. The van der Waals surface area contributed by atoms with Crippen molar-refractivity contribution >= 4 is 27.7 Å². The molecule has 4 saturated carbocycles. The van der Waals surface area contributed by atoms with Crippen molar-refractivity contribution < 1.29 is 9.53 Å². The molecule has 28 heavy (non-hydrogen) atoms. The van der Waals surface area contributed by atoms with E-state index >= 15 is 0 Å². The van der Waals surface area contributed by atoms with Gasteiger partial charge in [0.1, 0.15) is 11.4 Å². The lowest BCUT2D eigenvalue weighted by molar-refractivity contribution is -0.0468. The molecule has 1 aromatic heterocycles. The predicted octanol–water partition coefficient (Wildman–Crippen LogP) is 5.31. The molecule has 5 heteroatoms. The molecule has 1 saturated heterocycles. The van der Waals surface area contributed by atoms with Gasteiger partial charge in [-0.25, -0.2) is 9.78 Å². The van der Waals surface area contributed by atoms with E-state index in [0.29, 0.717) is 5.56 Å². The van der Waals surface area contributed by atoms with E-state index in [2.05, 4.69) is 25.8 Å². The highest BCUT2D eigenvalue weighted by atomic mass is 79.9. The fourth-order valence-corrected chi connectivity index (χ4v) is 7.46. The average Bonchev–Trinajstić information content (AvgIpc) is 2.70. The van der Waals surface area contributed by atoms with Gasteiger partial charge in [0.25, 0.3) is 0 Å². The van der Waals surface area contributed by atoms with Crippen molar-refractivity contribution in [1.29, 1.82) is 0 Å². The maximum absolute atomic E-state index is 12.2. The van der Waals surface area contributed by atoms with Crippen LogP contribution in [-0.4, -0.2) is 31.2 Å². The van der Waals surface area contributed by atoms with Crippen LogP contribution in [0.5, 0.6) is 0 Å². The van der Waals surface area contributed by atoms with Gasteiger partial charge in [-0.2, -0.15) is 0 Å². The molecule has 1 aromatic rings. The first-order chi connectivity index (χ1) is 13.6. The van der Waals surface area contributed by atoms with Crippen molar-refractivity contribution in [3.63, 3.8) is 0 Å². The molecule has 5 aliphatic rings. The van der Waals surface area contributed by atoms with Gasteiger partial charge in [0.2, 0.25) is 0 Å². The molecule has 0 N–H and O–H groups in total. The third-order valence-corrected chi connectivity index (χ3v) is 8.61. The first-order valence-electron chi connectivity index (χ1n) is 11.1. The van der Waals surface area contributed by atoms with Gasteiger partial charge >= 0.3 is 5.97 Å². The van der Waals surface area contributed by atoms with Gasteiger partial charge in [-0.05, 0) is 109 Å². The fraction of sp³-hybridized carbons (Fsp3) is 0.739. The van der Waals surface area contributed by atoms with Crippen LogP contribution in [0, 0.1) is 35.5 Å².